The van der Waals surface area contributed by atoms with Crippen LogP contribution in [0.15, 0.2) is 51.1 Å². The second-order valence-electron chi connectivity index (χ2n) is 7.25. The highest BCUT2D eigenvalue weighted by Crippen LogP contribution is 2.21. The Balaban J connectivity index is 1.20. The van der Waals surface area contributed by atoms with Gasteiger partial charge in [-0.15, -0.1) is 11.3 Å². The number of benzene rings is 1. The number of unbranched alkanes of at least 4 members (excludes halogenated alkanes) is 2. The Labute approximate surface area is 182 Å². The normalized spacial score (nSPS) is 11.1. The third-order valence-electron chi connectivity index (χ3n) is 4.96. The highest BCUT2D eigenvalue weighted by atomic mass is 32.1. The van der Waals surface area contributed by atoms with Crippen LogP contribution >= 0.6 is 11.3 Å². The molecule has 0 aliphatic heterocycles. The maximum Gasteiger partial charge on any atom is 0.274 e. The van der Waals surface area contributed by atoms with Gasteiger partial charge in [-0.05, 0) is 30.4 Å². The van der Waals surface area contributed by atoms with Crippen molar-refractivity contribution >= 4 is 28.0 Å². The van der Waals surface area contributed by atoms with E-state index in [1.54, 1.807) is 24.5 Å². The smallest absolute Gasteiger partial charge is 0.274 e. The van der Waals surface area contributed by atoms with Crippen LogP contribution in [0.1, 0.15) is 30.8 Å². The first-order chi connectivity index (χ1) is 15.1. The highest BCUT2D eigenvalue weighted by Gasteiger charge is 2.12. The first kappa shape index (κ1) is 20.9. The van der Waals surface area contributed by atoms with Crippen molar-refractivity contribution in [3.63, 3.8) is 0 Å². The summed E-state index contributed by atoms with van der Waals surface area (Å²) in [6.45, 7) is 0.590. The molecule has 0 atom stereocenters. The van der Waals surface area contributed by atoms with Gasteiger partial charge in [0.25, 0.3) is 5.56 Å². The predicted octanol–water partition coefficient (Wildman–Crippen LogP) is 3.12. The molecule has 0 spiro atoms. The van der Waals surface area contributed by atoms with Crippen LogP contribution in [0.4, 0.5) is 0 Å². The van der Waals surface area contributed by atoms with E-state index >= 15 is 0 Å². The summed E-state index contributed by atoms with van der Waals surface area (Å²) in [6.07, 6.45) is 3.58. The van der Waals surface area contributed by atoms with Crippen molar-refractivity contribution in [2.24, 2.45) is 7.05 Å². The molecule has 160 valence electrons. The summed E-state index contributed by atoms with van der Waals surface area (Å²) in [5.74, 6) is 1.17. The maximum absolute atomic E-state index is 12.4. The second kappa shape index (κ2) is 9.65. The number of aryl methyl sites for hydroxylation is 2. The van der Waals surface area contributed by atoms with Crippen molar-refractivity contribution in [1.29, 1.82) is 0 Å². The van der Waals surface area contributed by atoms with Crippen LogP contribution in [0.2, 0.25) is 0 Å². The van der Waals surface area contributed by atoms with E-state index in [-0.39, 0.29) is 17.9 Å². The molecule has 3 aromatic heterocycles. The number of fused-ring (bicyclic) bond motifs is 1. The Morgan fingerprint density at radius 2 is 1.97 bits per heavy atom. The number of nitrogens with zero attached hydrogens (tertiary/aromatic N) is 4. The van der Waals surface area contributed by atoms with E-state index in [0.29, 0.717) is 29.3 Å². The number of nitrogens with one attached hydrogen (secondary N) is 1. The number of amides is 1. The van der Waals surface area contributed by atoms with Gasteiger partial charge in [-0.1, -0.05) is 35.8 Å². The van der Waals surface area contributed by atoms with E-state index in [0.717, 1.165) is 35.9 Å². The van der Waals surface area contributed by atoms with Crippen LogP contribution in [-0.4, -0.2) is 32.4 Å². The molecule has 1 N–H and O–H groups in total. The quantitative estimate of drug-likeness (QED) is 0.404. The van der Waals surface area contributed by atoms with Crippen LogP contribution in [0.25, 0.3) is 21.5 Å². The van der Waals surface area contributed by atoms with Gasteiger partial charge in [0.2, 0.25) is 17.6 Å². The van der Waals surface area contributed by atoms with Gasteiger partial charge < -0.3 is 9.84 Å². The van der Waals surface area contributed by atoms with E-state index in [2.05, 4.69) is 20.6 Å². The highest BCUT2D eigenvalue weighted by molar-refractivity contribution is 7.13. The van der Waals surface area contributed by atoms with Crippen molar-refractivity contribution < 1.29 is 9.32 Å². The Kier molecular flexibility index (Phi) is 6.51. The summed E-state index contributed by atoms with van der Waals surface area (Å²) in [5, 5.41) is 14.5. The Bertz CT molecular complexity index is 1230. The molecular weight excluding hydrogens is 414 g/mol. The monoisotopic (exact) mass is 437 g/mol. The molecule has 0 aliphatic rings. The molecule has 0 saturated heterocycles. The molecule has 4 aromatic rings. The molecule has 3 heterocycles. The fourth-order valence-corrected chi connectivity index (χ4v) is 4.04. The Morgan fingerprint density at radius 1 is 1.13 bits per heavy atom. The number of rotatable bonds is 9. The van der Waals surface area contributed by atoms with Gasteiger partial charge in [0, 0.05) is 25.4 Å². The molecule has 31 heavy (non-hydrogen) atoms. The Morgan fingerprint density at radius 3 is 2.77 bits per heavy atom. The van der Waals surface area contributed by atoms with E-state index in [4.69, 9.17) is 4.52 Å². The maximum atomic E-state index is 12.4. The fourth-order valence-electron chi connectivity index (χ4n) is 3.39. The lowest BCUT2D eigenvalue weighted by atomic mass is 10.1. The van der Waals surface area contributed by atoms with Crippen LogP contribution in [0.5, 0.6) is 0 Å². The number of thiophene rings is 1. The topological polar surface area (TPSA) is 103 Å². The zero-order valence-corrected chi connectivity index (χ0v) is 18.0. The minimum Gasteiger partial charge on any atom is -0.356 e. The van der Waals surface area contributed by atoms with Crippen LogP contribution in [0.3, 0.4) is 0 Å². The van der Waals surface area contributed by atoms with Crippen LogP contribution < -0.4 is 10.9 Å². The lowest BCUT2D eigenvalue weighted by molar-refractivity contribution is -0.120. The molecular formula is C22H23N5O3S. The number of hydrogen-bond acceptors (Lipinski definition) is 7. The van der Waals surface area contributed by atoms with Crippen molar-refractivity contribution in [2.75, 3.05) is 6.54 Å². The summed E-state index contributed by atoms with van der Waals surface area (Å²) >= 11 is 1.58. The number of aromatic nitrogens is 4. The fraction of sp³-hybridized carbons (Fsp3) is 0.318. The number of hydrogen-bond donors (Lipinski definition) is 1. The van der Waals surface area contributed by atoms with E-state index < -0.39 is 0 Å². The number of carbonyl (C=O) groups is 1. The van der Waals surface area contributed by atoms with Gasteiger partial charge in [0.15, 0.2) is 0 Å². The zero-order valence-electron chi connectivity index (χ0n) is 17.2. The van der Waals surface area contributed by atoms with Crippen molar-refractivity contribution in [3.8, 4) is 10.7 Å². The summed E-state index contributed by atoms with van der Waals surface area (Å²) in [6, 6.07) is 11.2. The summed E-state index contributed by atoms with van der Waals surface area (Å²) in [5.41, 5.74) is 0.441. The van der Waals surface area contributed by atoms with E-state index in [9.17, 15) is 9.59 Å². The Hall–Kier alpha value is -3.33. The molecule has 0 radical (unpaired) electrons. The van der Waals surface area contributed by atoms with Crippen LogP contribution in [-0.2, 0) is 24.7 Å². The van der Waals surface area contributed by atoms with Gasteiger partial charge in [-0.25, -0.2) is 4.68 Å². The molecule has 0 unspecified atom stereocenters. The molecule has 0 bridgehead atoms. The molecule has 0 saturated carbocycles. The van der Waals surface area contributed by atoms with Crippen molar-refractivity contribution in [1.82, 2.24) is 25.2 Å². The molecule has 0 fully saturated rings. The third kappa shape index (κ3) is 5.05. The summed E-state index contributed by atoms with van der Waals surface area (Å²) < 4.78 is 6.58. The molecule has 1 aromatic carbocycles. The minimum atomic E-state index is -0.163. The third-order valence-corrected chi connectivity index (χ3v) is 5.83. The molecule has 1 amide bonds. The molecule has 9 heteroatoms. The summed E-state index contributed by atoms with van der Waals surface area (Å²) in [7, 11) is 1.60. The van der Waals surface area contributed by atoms with Crippen LogP contribution in [0, 0.1) is 0 Å². The lowest BCUT2D eigenvalue weighted by Crippen LogP contribution is -2.28. The summed E-state index contributed by atoms with van der Waals surface area (Å²) in [4.78, 5) is 30.0. The second-order valence-corrected chi connectivity index (χ2v) is 8.20. The largest absolute Gasteiger partial charge is 0.356 e. The van der Waals surface area contributed by atoms with Gasteiger partial charge in [0.1, 0.15) is 0 Å². The lowest BCUT2D eigenvalue weighted by Gasteiger charge is -2.08. The SMILES string of the molecule is Cn1nc(CC(=O)NCCCCCc2nc(-c3cccs3)no2)c2ccccc2c1=O. The molecule has 4 rings (SSSR count). The van der Waals surface area contributed by atoms with Gasteiger partial charge >= 0.3 is 0 Å². The standard InChI is InChI=1S/C22H23N5O3S/c1-27-22(29)16-9-5-4-8-15(16)17(25-27)14-19(28)23-12-6-2-3-11-20-24-21(26-30-20)18-10-7-13-31-18/h4-5,7-10,13H,2-3,6,11-12,14H2,1H3,(H,23,28). The average molecular weight is 438 g/mol. The molecule has 0 aliphatic carbocycles. The molecule has 8 nitrogen and oxygen atoms in total. The first-order valence-electron chi connectivity index (χ1n) is 10.2. The minimum absolute atomic E-state index is 0.103. The predicted molar refractivity (Wildman–Crippen MR) is 119 cm³/mol. The van der Waals surface area contributed by atoms with Crippen molar-refractivity contribution in [3.05, 3.63) is 63.7 Å². The van der Waals surface area contributed by atoms with Crippen molar-refractivity contribution in [2.45, 2.75) is 32.1 Å². The average Bonchev–Trinajstić information content (AvgIpc) is 3.46. The number of carbonyl (C=O) groups excluding carboxylic acids is 1. The zero-order chi connectivity index (χ0) is 21.6. The van der Waals surface area contributed by atoms with E-state index in [1.807, 2.05) is 35.7 Å². The van der Waals surface area contributed by atoms with Gasteiger partial charge in [0.05, 0.1) is 22.4 Å². The van der Waals surface area contributed by atoms with Gasteiger partial charge in [-0.3, -0.25) is 9.59 Å². The van der Waals surface area contributed by atoms with Gasteiger partial charge in [-0.2, -0.15) is 10.1 Å². The first-order valence-corrected chi connectivity index (χ1v) is 11.1. The van der Waals surface area contributed by atoms with E-state index in [1.165, 1.54) is 4.68 Å².